The molecule has 1 aromatic heterocycles. The fraction of sp³-hybridized carbons (Fsp3) is 0.846. The van der Waals surface area contributed by atoms with Gasteiger partial charge in [-0.05, 0) is 86.4 Å². The molecule has 2 N–H and O–H groups in total. The van der Waals surface area contributed by atoms with Crippen molar-refractivity contribution in [1.82, 2.24) is 15.0 Å². The highest BCUT2D eigenvalue weighted by molar-refractivity contribution is 5.86. The van der Waals surface area contributed by atoms with E-state index < -0.39 is 0 Å². The van der Waals surface area contributed by atoms with Gasteiger partial charge in [-0.15, -0.1) is 5.10 Å². The SMILES string of the molecule is CCC(CON=C1CC2CCC3C(CC[C@@H]4C(=O)CCC34)[C@H]2C(C)(C)C1)n1cc(CN)nn1. The lowest BCUT2D eigenvalue weighted by molar-refractivity contribution is -0.125. The van der Waals surface area contributed by atoms with Crippen LogP contribution in [0.1, 0.15) is 90.3 Å². The van der Waals surface area contributed by atoms with Crippen LogP contribution in [0.25, 0.3) is 0 Å². The Kier molecular flexibility index (Phi) is 6.36. The summed E-state index contributed by atoms with van der Waals surface area (Å²) in [5, 5.41) is 13.0. The predicted octanol–water partition coefficient (Wildman–Crippen LogP) is 4.53. The fourth-order valence-corrected chi connectivity index (χ4v) is 8.25. The molecule has 0 spiro atoms. The number of nitrogens with two attached hydrogens (primary N) is 1. The number of oxime groups is 1. The number of carbonyl (C=O) groups is 1. The second-order valence-corrected chi connectivity index (χ2v) is 11.8. The van der Waals surface area contributed by atoms with Crippen molar-refractivity contribution in [1.29, 1.82) is 0 Å². The Morgan fingerprint density at radius 1 is 1.21 bits per heavy atom. The number of Topliss-reactive ketones (excluding diaryl/α,β-unsaturated/α-hetero) is 1. The number of carbonyl (C=O) groups excluding carboxylic acids is 1. The van der Waals surface area contributed by atoms with Crippen molar-refractivity contribution in [2.24, 2.45) is 51.8 Å². The maximum atomic E-state index is 12.4. The van der Waals surface area contributed by atoms with Crippen molar-refractivity contribution in [3.05, 3.63) is 11.9 Å². The highest BCUT2D eigenvalue weighted by atomic mass is 16.6. The molecule has 4 fully saturated rings. The summed E-state index contributed by atoms with van der Waals surface area (Å²) in [6.07, 6.45) is 11.9. The molecule has 0 bridgehead atoms. The predicted molar refractivity (Wildman–Crippen MR) is 127 cm³/mol. The first-order valence-corrected chi connectivity index (χ1v) is 13.2. The van der Waals surface area contributed by atoms with Crippen LogP contribution in [0.15, 0.2) is 11.4 Å². The molecule has 182 valence electrons. The zero-order valence-corrected chi connectivity index (χ0v) is 20.6. The standard InChI is InChI=1S/C26H41N5O2/c1-4-19(31-14-18(13-27)28-30-31)15-33-29-17-11-16-5-6-21-20-9-10-24(32)22(20)7-8-23(21)25(16)26(2,3)12-17/h14,16,19-23,25H,4-13,15,27H2,1-3H3/t16?,19?,20?,21?,22-,23?,25-/m0/s1. The van der Waals surface area contributed by atoms with Crippen molar-refractivity contribution in [2.75, 3.05) is 6.61 Å². The third kappa shape index (κ3) is 4.26. The smallest absolute Gasteiger partial charge is 0.139 e. The lowest BCUT2D eigenvalue weighted by Gasteiger charge is -2.57. The molecule has 0 aromatic carbocycles. The quantitative estimate of drug-likeness (QED) is 0.636. The molecular weight excluding hydrogens is 414 g/mol. The van der Waals surface area contributed by atoms with Gasteiger partial charge >= 0.3 is 0 Å². The molecule has 7 heteroatoms. The molecule has 4 saturated carbocycles. The largest absolute Gasteiger partial charge is 0.394 e. The van der Waals surface area contributed by atoms with Crippen LogP contribution >= 0.6 is 0 Å². The van der Waals surface area contributed by atoms with Crippen LogP contribution in [0.4, 0.5) is 0 Å². The Bertz CT molecular complexity index is 893. The summed E-state index contributed by atoms with van der Waals surface area (Å²) in [6.45, 7) is 7.93. The Labute approximate surface area is 197 Å². The molecular formula is C26H41N5O2. The van der Waals surface area contributed by atoms with Gasteiger partial charge in [-0.1, -0.05) is 31.1 Å². The van der Waals surface area contributed by atoms with Crippen molar-refractivity contribution >= 4 is 11.5 Å². The van der Waals surface area contributed by atoms with E-state index in [-0.39, 0.29) is 11.5 Å². The molecule has 1 aromatic rings. The topological polar surface area (TPSA) is 95.4 Å². The summed E-state index contributed by atoms with van der Waals surface area (Å²) < 4.78 is 1.86. The molecule has 5 unspecified atom stereocenters. The van der Waals surface area contributed by atoms with E-state index in [9.17, 15) is 4.79 Å². The van der Waals surface area contributed by atoms with E-state index in [0.29, 0.717) is 36.7 Å². The van der Waals surface area contributed by atoms with Gasteiger partial charge in [-0.25, -0.2) is 4.68 Å². The molecule has 33 heavy (non-hydrogen) atoms. The van der Waals surface area contributed by atoms with E-state index in [1.165, 1.54) is 25.0 Å². The zero-order valence-electron chi connectivity index (χ0n) is 20.6. The fourth-order valence-electron chi connectivity index (χ4n) is 8.25. The Hall–Kier alpha value is -1.76. The van der Waals surface area contributed by atoms with Gasteiger partial charge in [0.25, 0.3) is 0 Å². The zero-order chi connectivity index (χ0) is 23.2. The second kappa shape index (κ2) is 9.12. The van der Waals surface area contributed by atoms with Crippen LogP contribution in [0.5, 0.6) is 0 Å². The van der Waals surface area contributed by atoms with E-state index >= 15 is 0 Å². The van der Waals surface area contributed by atoms with Gasteiger partial charge in [-0.3, -0.25) is 4.79 Å². The lowest BCUT2D eigenvalue weighted by atomic mass is 9.48. The number of rotatable bonds is 6. The van der Waals surface area contributed by atoms with Gasteiger partial charge in [-0.2, -0.15) is 0 Å². The van der Waals surface area contributed by atoms with Crippen molar-refractivity contribution < 1.29 is 9.63 Å². The molecule has 4 aliphatic rings. The number of ketones is 1. The number of hydrogen-bond acceptors (Lipinski definition) is 6. The van der Waals surface area contributed by atoms with Crippen LogP contribution in [-0.4, -0.2) is 33.1 Å². The van der Waals surface area contributed by atoms with Crippen LogP contribution in [-0.2, 0) is 16.2 Å². The first kappa shape index (κ1) is 23.0. The van der Waals surface area contributed by atoms with Crippen molar-refractivity contribution in [3.8, 4) is 0 Å². The molecule has 0 amide bonds. The summed E-state index contributed by atoms with van der Waals surface area (Å²) in [5.74, 6) is 4.64. The molecule has 7 nitrogen and oxygen atoms in total. The van der Waals surface area contributed by atoms with E-state index in [4.69, 9.17) is 10.6 Å². The molecule has 0 saturated heterocycles. The highest BCUT2D eigenvalue weighted by Gasteiger charge is 2.55. The Morgan fingerprint density at radius 2 is 2.03 bits per heavy atom. The van der Waals surface area contributed by atoms with Gasteiger partial charge in [0.1, 0.15) is 12.4 Å². The first-order valence-electron chi connectivity index (χ1n) is 13.2. The maximum Gasteiger partial charge on any atom is 0.139 e. The minimum atomic E-state index is 0.117. The van der Waals surface area contributed by atoms with E-state index in [1.54, 1.807) is 0 Å². The van der Waals surface area contributed by atoms with Crippen molar-refractivity contribution in [3.63, 3.8) is 0 Å². The number of fused-ring (bicyclic) bond motifs is 5. The molecule has 1 heterocycles. The summed E-state index contributed by atoms with van der Waals surface area (Å²) in [5.41, 5.74) is 7.92. The van der Waals surface area contributed by atoms with Crippen LogP contribution in [0.3, 0.4) is 0 Å². The number of hydrogen-bond donors (Lipinski definition) is 1. The van der Waals surface area contributed by atoms with Crippen LogP contribution in [0.2, 0.25) is 0 Å². The van der Waals surface area contributed by atoms with Crippen molar-refractivity contribution in [2.45, 2.75) is 91.1 Å². The van der Waals surface area contributed by atoms with E-state index in [1.807, 2.05) is 10.9 Å². The molecule has 0 aliphatic heterocycles. The van der Waals surface area contributed by atoms with Gasteiger partial charge < -0.3 is 10.6 Å². The minimum absolute atomic E-state index is 0.117. The highest BCUT2D eigenvalue weighted by Crippen LogP contribution is 2.60. The summed E-state index contributed by atoms with van der Waals surface area (Å²) >= 11 is 0. The molecule has 7 atom stereocenters. The van der Waals surface area contributed by atoms with Crippen LogP contribution in [0, 0.1) is 40.9 Å². The number of aromatic nitrogens is 3. The molecule has 0 radical (unpaired) electrons. The Morgan fingerprint density at radius 3 is 2.79 bits per heavy atom. The van der Waals surface area contributed by atoms with Gasteiger partial charge in [0.05, 0.1) is 23.6 Å². The van der Waals surface area contributed by atoms with E-state index in [2.05, 4.69) is 36.2 Å². The lowest BCUT2D eigenvalue weighted by Crippen LogP contribution is -2.51. The summed E-state index contributed by atoms with van der Waals surface area (Å²) in [4.78, 5) is 18.3. The van der Waals surface area contributed by atoms with Gasteiger partial charge in [0.15, 0.2) is 0 Å². The summed E-state index contributed by atoms with van der Waals surface area (Å²) in [6, 6.07) is 0.117. The Balaban J connectivity index is 1.24. The number of nitrogens with zero attached hydrogens (tertiary/aromatic N) is 4. The summed E-state index contributed by atoms with van der Waals surface area (Å²) in [7, 11) is 0. The van der Waals surface area contributed by atoms with Gasteiger partial charge in [0, 0.05) is 18.9 Å². The monoisotopic (exact) mass is 455 g/mol. The van der Waals surface area contributed by atoms with E-state index in [0.717, 1.165) is 62.0 Å². The average Bonchev–Trinajstić information content (AvgIpc) is 3.42. The van der Waals surface area contributed by atoms with Crippen LogP contribution < -0.4 is 5.73 Å². The minimum Gasteiger partial charge on any atom is -0.394 e. The average molecular weight is 456 g/mol. The van der Waals surface area contributed by atoms with Gasteiger partial charge in [0.2, 0.25) is 0 Å². The first-order chi connectivity index (χ1) is 15.9. The maximum absolute atomic E-state index is 12.4. The molecule has 5 rings (SSSR count). The third-order valence-electron chi connectivity index (χ3n) is 9.54. The molecule has 4 aliphatic carbocycles. The normalized spacial score (nSPS) is 37.3. The third-order valence-corrected chi connectivity index (χ3v) is 9.54. The second-order valence-electron chi connectivity index (χ2n) is 11.8.